The summed E-state index contributed by atoms with van der Waals surface area (Å²) in [5, 5.41) is 2.30. The summed E-state index contributed by atoms with van der Waals surface area (Å²) in [6.07, 6.45) is 1.74. The van der Waals surface area contributed by atoms with E-state index in [2.05, 4.69) is 5.32 Å². The van der Waals surface area contributed by atoms with E-state index in [1.54, 1.807) is 0 Å². The molecule has 6 heteroatoms. The summed E-state index contributed by atoms with van der Waals surface area (Å²) in [4.78, 5) is 0. The van der Waals surface area contributed by atoms with Gasteiger partial charge in [-0.1, -0.05) is 6.92 Å². The maximum atomic E-state index is 13.2. The van der Waals surface area contributed by atoms with Gasteiger partial charge in [-0.05, 0) is 18.3 Å². The van der Waals surface area contributed by atoms with Crippen molar-refractivity contribution in [2.24, 2.45) is 5.41 Å². The zero-order valence-corrected chi connectivity index (χ0v) is 9.01. The Morgan fingerprint density at radius 2 is 1.29 bits per heavy atom. The molecule has 0 spiro atoms. The molecule has 0 saturated heterocycles. The largest absolute Gasteiger partial charge is 0.380 e. The van der Waals surface area contributed by atoms with Crippen LogP contribution in [0.25, 0.3) is 0 Å². The van der Waals surface area contributed by atoms with E-state index >= 15 is 0 Å². The van der Waals surface area contributed by atoms with Gasteiger partial charge in [-0.15, -0.1) is 0 Å². The predicted molar refractivity (Wildman–Crippen MR) is 52.1 cm³/mol. The third-order valence-corrected chi connectivity index (χ3v) is 3.01. The van der Waals surface area contributed by atoms with Crippen molar-refractivity contribution >= 4 is 5.69 Å². The topological polar surface area (TPSA) is 12.0 Å². The molecule has 1 nitrogen and oxygen atoms in total. The molecule has 1 saturated carbocycles. The van der Waals surface area contributed by atoms with Crippen LogP contribution in [0, 0.1) is 34.5 Å². The molecule has 1 fully saturated rings. The van der Waals surface area contributed by atoms with Crippen LogP contribution in [0.15, 0.2) is 0 Å². The van der Waals surface area contributed by atoms with Crippen LogP contribution in [-0.2, 0) is 0 Å². The second-order valence-corrected chi connectivity index (χ2v) is 4.61. The van der Waals surface area contributed by atoms with Gasteiger partial charge in [-0.2, -0.15) is 0 Å². The summed E-state index contributed by atoms with van der Waals surface area (Å²) in [5.74, 6) is -9.61. The Morgan fingerprint density at radius 1 is 0.882 bits per heavy atom. The van der Waals surface area contributed by atoms with Crippen LogP contribution in [0.2, 0.25) is 0 Å². The Bertz CT molecular complexity index is 438. The lowest BCUT2D eigenvalue weighted by molar-refractivity contribution is 0.381. The van der Waals surface area contributed by atoms with Crippen molar-refractivity contribution in [1.82, 2.24) is 0 Å². The molecular formula is C11H10F5N. The zero-order valence-electron chi connectivity index (χ0n) is 9.01. The van der Waals surface area contributed by atoms with E-state index < -0.39 is 34.8 Å². The average Bonchev–Trinajstić information content (AvgIpc) is 3.02. The molecule has 1 aliphatic carbocycles. The van der Waals surface area contributed by atoms with Gasteiger partial charge < -0.3 is 5.32 Å². The average molecular weight is 251 g/mol. The first-order valence-electron chi connectivity index (χ1n) is 5.11. The summed E-state index contributed by atoms with van der Waals surface area (Å²) in [6, 6.07) is 0. The fourth-order valence-corrected chi connectivity index (χ4v) is 1.45. The first-order chi connectivity index (χ1) is 7.86. The van der Waals surface area contributed by atoms with Crippen molar-refractivity contribution in [2.45, 2.75) is 19.8 Å². The van der Waals surface area contributed by atoms with E-state index in [-0.39, 0.29) is 12.0 Å². The van der Waals surface area contributed by atoms with Crippen LogP contribution in [0.5, 0.6) is 0 Å². The molecule has 0 aliphatic heterocycles. The molecule has 0 heterocycles. The minimum atomic E-state index is -2.14. The third kappa shape index (κ3) is 2.08. The van der Waals surface area contributed by atoms with Crippen molar-refractivity contribution in [3.8, 4) is 0 Å². The highest BCUT2D eigenvalue weighted by molar-refractivity contribution is 5.48. The van der Waals surface area contributed by atoms with Gasteiger partial charge in [0.1, 0.15) is 5.69 Å². The van der Waals surface area contributed by atoms with Gasteiger partial charge in [0.15, 0.2) is 23.3 Å². The molecule has 1 aromatic carbocycles. The minimum Gasteiger partial charge on any atom is -0.380 e. The first kappa shape index (κ1) is 12.1. The summed E-state index contributed by atoms with van der Waals surface area (Å²) in [6.45, 7) is 2.05. The summed E-state index contributed by atoms with van der Waals surface area (Å²) in [7, 11) is 0. The number of anilines is 1. The Hall–Kier alpha value is -1.33. The van der Waals surface area contributed by atoms with Crippen LogP contribution in [0.4, 0.5) is 27.6 Å². The number of nitrogens with one attached hydrogen (secondary N) is 1. The van der Waals surface area contributed by atoms with Gasteiger partial charge in [0.05, 0.1) is 0 Å². The van der Waals surface area contributed by atoms with E-state index in [1.165, 1.54) is 0 Å². The molecule has 2 rings (SSSR count). The minimum absolute atomic E-state index is 0.111. The Labute approximate surface area is 94.6 Å². The molecule has 94 valence electrons. The van der Waals surface area contributed by atoms with Crippen LogP contribution >= 0.6 is 0 Å². The molecule has 0 bridgehead atoms. The smallest absolute Gasteiger partial charge is 0.200 e. The highest BCUT2D eigenvalue weighted by Gasteiger charge is 2.37. The van der Waals surface area contributed by atoms with E-state index in [0.29, 0.717) is 0 Å². The fraction of sp³-hybridized carbons (Fsp3) is 0.455. The number of rotatable bonds is 3. The second kappa shape index (κ2) is 3.85. The van der Waals surface area contributed by atoms with Gasteiger partial charge in [-0.25, -0.2) is 22.0 Å². The number of hydrogen-bond donors (Lipinski definition) is 1. The van der Waals surface area contributed by atoms with Crippen molar-refractivity contribution in [1.29, 1.82) is 0 Å². The lowest BCUT2D eigenvalue weighted by atomic mass is 10.1. The van der Waals surface area contributed by atoms with Gasteiger partial charge in [0.2, 0.25) is 5.82 Å². The molecule has 0 aromatic heterocycles. The summed E-state index contributed by atoms with van der Waals surface area (Å²) < 4.78 is 64.8. The Balaban J connectivity index is 2.32. The molecule has 0 atom stereocenters. The van der Waals surface area contributed by atoms with Crippen molar-refractivity contribution in [2.75, 3.05) is 11.9 Å². The summed E-state index contributed by atoms with van der Waals surface area (Å²) in [5.41, 5.74) is -1.06. The fourth-order valence-electron chi connectivity index (χ4n) is 1.45. The van der Waals surface area contributed by atoms with Crippen LogP contribution in [0.1, 0.15) is 19.8 Å². The molecule has 0 unspecified atom stereocenters. The van der Waals surface area contributed by atoms with E-state index in [4.69, 9.17) is 0 Å². The highest BCUT2D eigenvalue weighted by atomic mass is 19.2. The lowest BCUT2D eigenvalue weighted by Gasteiger charge is -2.13. The Morgan fingerprint density at radius 3 is 1.71 bits per heavy atom. The molecule has 0 amide bonds. The standard InChI is InChI=1S/C11H10F5N/c1-11(2-3-11)4-17-10-8(15)6(13)5(12)7(14)9(10)16/h17H,2-4H2,1H3. The third-order valence-electron chi connectivity index (χ3n) is 3.01. The van der Waals surface area contributed by atoms with E-state index in [0.717, 1.165) is 12.8 Å². The van der Waals surface area contributed by atoms with Gasteiger partial charge >= 0.3 is 0 Å². The number of halogens is 5. The second-order valence-electron chi connectivity index (χ2n) is 4.61. The predicted octanol–water partition coefficient (Wildman–Crippen LogP) is 3.59. The molecular weight excluding hydrogens is 241 g/mol. The van der Waals surface area contributed by atoms with Crippen molar-refractivity contribution < 1.29 is 22.0 Å². The monoisotopic (exact) mass is 251 g/mol. The number of hydrogen-bond acceptors (Lipinski definition) is 1. The maximum absolute atomic E-state index is 13.2. The number of benzene rings is 1. The molecule has 0 radical (unpaired) electrons. The highest BCUT2D eigenvalue weighted by Crippen LogP contribution is 2.45. The maximum Gasteiger partial charge on any atom is 0.200 e. The Kier molecular flexibility index (Phi) is 2.75. The molecule has 1 aromatic rings. The van der Waals surface area contributed by atoms with Crippen LogP contribution < -0.4 is 5.32 Å². The molecule has 1 N–H and O–H groups in total. The van der Waals surface area contributed by atoms with Crippen molar-refractivity contribution in [3.05, 3.63) is 29.1 Å². The first-order valence-corrected chi connectivity index (χ1v) is 5.11. The van der Waals surface area contributed by atoms with Gasteiger partial charge in [0.25, 0.3) is 0 Å². The van der Waals surface area contributed by atoms with Gasteiger partial charge in [0, 0.05) is 6.54 Å². The SMILES string of the molecule is CC1(CNc2c(F)c(F)c(F)c(F)c2F)CC1. The van der Waals surface area contributed by atoms with E-state index in [9.17, 15) is 22.0 Å². The lowest BCUT2D eigenvalue weighted by Crippen LogP contribution is -2.16. The quantitative estimate of drug-likeness (QED) is 0.491. The van der Waals surface area contributed by atoms with E-state index in [1.807, 2.05) is 6.92 Å². The molecule has 1 aliphatic rings. The normalized spacial score (nSPS) is 17.1. The van der Waals surface area contributed by atoms with Crippen LogP contribution in [-0.4, -0.2) is 6.54 Å². The van der Waals surface area contributed by atoms with Crippen LogP contribution in [0.3, 0.4) is 0 Å². The zero-order chi connectivity index (χ0) is 12.8. The van der Waals surface area contributed by atoms with Crippen molar-refractivity contribution in [3.63, 3.8) is 0 Å². The van der Waals surface area contributed by atoms with Gasteiger partial charge in [-0.3, -0.25) is 0 Å². The summed E-state index contributed by atoms with van der Waals surface area (Å²) >= 11 is 0. The molecule has 17 heavy (non-hydrogen) atoms.